The molecule has 4 nitrogen and oxygen atoms in total. The average Bonchev–Trinajstić information content (AvgIpc) is 2.54. The molecule has 1 rings (SSSR count). The molecule has 1 atom stereocenters. The topological polar surface area (TPSA) is 55.7 Å². The van der Waals surface area contributed by atoms with Gasteiger partial charge in [-0.3, -0.25) is 9.18 Å². The maximum absolute atomic E-state index is 11.5. The Bertz CT molecular complexity index is 313. The van der Waals surface area contributed by atoms with Gasteiger partial charge in [0.25, 0.3) is 0 Å². The first-order chi connectivity index (χ1) is 6.56. The molecule has 0 fully saturated rings. The second kappa shape index (κ2) is 5.64. The minimum Gasteiger partial charge on any atom is -0.265 e. The summed E-state index contributed by atoms with van der Waals surface area (Å²) in [6.45, 7) is 0.534. The van der Waals surface area contributed by atoms with Gasteiger partial charge in [0.05, 0.1) is 6.54 Å². The van der Waals surface area contributed by atoms with Crippen LogP contribution in [0.3, 0.4) is 0 Å². The molecule has 1 aliphatic heterocycles. The Kier molecular flexibility index (Phi) is 5.12. The standard InChI is InChI=1S/C6H11NO3S4/c8-14(9,6-7-2-4-13-6)10-5(12)1-3-11/h5,11-12H,1-4H2. The molecule has 0 saturated heterocycles. The van der Waals surface area contributed by atoms with E-state index in [1.54, 1.807) is 0 Å². The molecular formula is C6H11NO3S4. The third-order valence-electron chi connectivity index (χ3n) is 1.39. The zero-order valence-corrected chi connectivity index (χ0v) is 10.7. The van der Waals surface area contributed by atoms with Crippen molar-refractivity contribution in [2.45, 2.75) is 11.9 Å². The lowest BCUT2D eigenvalue weighted by molar-refractivity contribution is 0.299. The van der Waals surface area contributed by atoms with E-state index in [1.165, 1.54) is 11.8 Å². The summed E-state index contributed by atoms with van der Waals surface area (Å²) < 4.78 is 27.8. The molecule has 0 aliphatic carbocycles. The van der Waals surface area contributed by atoms with E-state index in [0.29, 0.717) is 24.5 Å². The molecule has 0 aromatic rings. The van der Waals surface area contributed by atoms with Crippen LogP contribution < -0.4 is 0 Å². The Balaban J connectivity index is 2.57. The molecule has 0 N–H and O–H groups in total. The fourth-order valence-corrected chi connectivity index (χ4v) is 3.93. The first-order valence-electron chi connectivity index (χ1n) is 3.96. The maximum Gasteiger partial charge on any atom is 0.321 e. The number of hydrogen-bond donors (Lipinski definition) is 2. The van der Waals surface area contributed by atoms with E-state index in [9.17, 15) is 8.42 Å². The number of thioether (sulfide) groups is 1. The molecule has 14 heavy (non-hydrogen) atoms. The summed E-state index contributed by atoms with van der Waals surface area (Å²) in [6, 6.07) is 0. The van der Waals surface area contributed by atoms with Gasteiger partial charge in [0.1, 0.15) is 5.44 Å². The predicted octanol–water partition coefficient (Wildman–Crippen LogP) is 1.01. The molecule has 0 bridgehead atoms. The normalized spacial score (nSPS) is 19.4. The summed E-state index contributed by atoms with van der Waals surface area (Å²) in [6.07, 6.45) is 0.476. The number of nitrogens with zero attached hydrogens (tertiary/aromatic N) is 1. The van der Waals surface area contributed by atoms with Crippen molar-refractivity contribution in [1.29, 1.82) is 0 Å². The van der Waals surface area contributed by atoms with Crippen LogP contribution in [0, 0.1) is 0 Å². The second-order valence-electron chi connectivity index (χ2n) is 2.51. The number of aliphatic imine (C=N–C) groups is 1. The fraction of sp³-hybridized carbons (Fsp3) is 0.833. The van der Waals surface area contributed by atoms with Crippen molar-refractivity contribution >= 4 is 51.5 Å². The minimum atomic E-state index is -3.68. The highest BCUT2D eigenvalue weighted by molar-refractivity contribution is 8.34. The molecule has 8 heteroatoms. The van der Waals surface area contributed by atoms with Crippen LogP contribution in [0.2, 0.25) is 0 Å². The number of thiol groups is 2. The van der Waals surface area contributed by atoms with Crippen molar-refractivity contribution in [2.75, 3.05) is 18.1 Å². The highest BCUT2D eigenvalue weighted by Crippen LogP contribution is 2.20. The molecule has 0 aromatic heterocycles. The van der Waals surface area contributed by atoms with Gasteiger partial charge in [0.15, 0.2) is 0 Å². The average molecular weight is 273 g/mol. The zero-order chi connectivity index (χ0) is 10.6. The van der Waals surface area contributed by atoms with Gasteiger partial charge in [-0.2, -0.15) is 21.0 Å². The molecule has 0 radical (unpaired) electrons. The Hall–Kier alpha value is 0.630. The number of rotatable bonds is 4. The lowest BCUT2D eigenvalue weighted by Gasteiger charge is -2.09. The van der Waals surface area contributed by atoms with Crippen LogP contribution in [0.4, 0.5) is 0 Å². The van der Waals surface area contributed by atoms with Crippen LogP contribution in [-0.2, 0) is 14.3 Å². The van der Waals surface area contributed by atoms with Crippen LogP contribution in [0.5, 0.6) is 0 Å². The van der Waals surface area contributed by atoms with E-state index in [-0.39, 0.29) is 4.38 Å². The third-order valence-corrected chi connectivity index (χ3v) is 4.92. The van der Waals surface area contributed by atoms with Gasteiger partial charge in [-0.1, -0.05) is 11.8 Å². The quantitative estimate of drug-likeness (QED) is 0.456. The van der Waals surface area contributed by atoms with Gasteiger partial charge < -0.3 is 0 Å². The maximum atomic E-state index is 11.5. The van der Waals surface area contributed by atoms with Crippen LogP contribution in [0.15, 0.2) is 4.99 Å². The van der Waals surface area contributed by atoms with Crippen molar-refractivity contribution < 1.29 is 12.6 Å². The van der Waals surface area contributed by atoms with Crippen LogP contribution >= 0.6 is 37.0 Å². The Labute approximate surface area is 98.8 Å². The lowest BCUT2D eigenvalue weighted by atomic mass is 10.5. The summed E-state index contributed by atoms with van der Waals surface area (Å²) in [4.78, 5) is 3.83. The van der Waals surface area contributed by atoms with E-state index in [2.05, 4.69) is 30.2 Å². The lowest BCUT2D eigenvalue weighted by Crippen LogP contribution is -2.19. The SMILES string of the molecule is O=S(=O)(OC(S)CCS)C1=NCCS1. The van der Waals surface area contributed by atoms with Gasteiger partial charge in [0, 0.05) is 5.75 Å². The molecule has 1 aliphatic rings. The van der Waals surface area contributed by atoms with Crippen molar-refractivity contribution in [1.82, 2.24) is 0 Å². The van der Waals surface area contributed by atoms with Crippen LogP contribution in [-0.4, -0.2) is 36.3 Å². The zero-order valence-electron chi connectivity index (χ0n) is 7.29. The predicted molar refractivity (Wildman–Crippen MR) is 66.0 cm³/mol. The summed E-state index contributed by atoms with van der Waals surface area (Å²) in [5.41, 5.74) is -0.638. The Morgan fingerprint density at radius 1 is 1.64 bits per heavy atom. The van der Waals surface area contributed by atoms with Crippen molar-refractivity contribution in [2.24, 2.45) is 4.99 Å². The largest absolute Gasteiger partial charge is 0.321 e. The molecule has 1 unspecified atom stereocenters. The van der Waals surface area contributed by atoms with E-state index < -0.39 is 15.6 Å². The van der Waals surface area contributed by atoms with Crippen molar-refractivity contribution in [3.63, 3.8) is 0 Å². The van der Waals surface area contributed by atoms with E-state index in [0.717, 1.165) is 0 Å². The van der Waals surface area contributed by atoms with Gasteiger partial charge in [-0.25, -0.2) is 0 Å². The highest BCUT2D eigenvalue weighted by Gasteiger charge is 2.26. The van der Waals surface area contributed by atoms with Gasteiger partial charge in [-0.05, 0) is 12.2 Å². The van der Waals surface area contributed by atoms with Crippen molar-refractivity contribution in [3.8, 4) is 0 Å². The summed E-state index contributed by atoms with van der Waals surface area (Å²) >= 11 is 9.14. The third kappa shape index (κ3) is 3.65. The van der Waals surface area contributed by atoms with Gasteiger partial charge >= 0.3 is 10.1 Å². The first kappa shape index (κ1) is 12.7. The Morgan fingerprint density at radius 2 is 2.36 bits per heavy atom. The van der Waals surface area contributed by atoms with E-state index in [1.807, 2.05) is 0 Å². The second-order valence-corrected chi connectivity index (χ2v) is 6.37. The summed E-state index contributed by atoms with van der Waals surface area (Å²) in [7, 11) is -3.68. The number of hydrogen-bond acceptors (Lipinski definition) is 7. The highest BCUT2D eigenvalue weighted by atomic mass is 32.3. The molecule has 0 saturated carbocycles. The first-order valence-corrected chi connectivity index (χ1v) is 7.50. The van der Waals surface area contributed by atoms with Crippen LogP contribution in [0.25, 0.3) is 0 Å². The molecule has 0 amide bonds. The molecule has 82 valence electrons. The molecule has 0 spiro atoms. The summed E-state index contributed by atoms with van der Waals surface area (Å²) in [5, 5.41) is 0. The molecular weight excluding hydrogens is 262 g/mol. The summed E-state index contributed by atoms with van der Waals surface area (Å²) in [5.74, 6) is 1.23. The van der Waals surface area contributed by atoms with E-state index >= 15 is 0 Å². The minimum absolute atomic E-state index is 0.0655. The van der Waals surface area contributed by atoms with E-state index in [4.69, 9.17) is 4.18 Å². The monoisotopic (exact) mass is 273 g/mol. The van der Waals surface area contributed by atoms with Gasteiger partial charge in [-0.15, -0.1) is 12.6 Å². The van der Waals surface area contributed by atoms with Crippen LogP contribution in [0.1, 0.15) is 6.42 Å². The molecule has 0 aromatic carbocycles. The fourth-order valence-electron chi connectivity index (χ4n) is 0.813. The van der Waals surface area contributed by atoms with Crippen molar-refractivity contribution in [3.05, 3.63) is 0 Å². The van der Waals surface area contributed by atoms with Gasteiger partial charge in [0.2, 0.25) is 4.38 Å². The molecule has 1 heterocycles. The Morgan fingerprint density at radius 3 is 2.86 bits per heavy atom. The smallest absolute Gasteiger partial charge is 0.265 e.